The van der Waals surface area contributed by atoms with Crippen molar-refractivity contribution in [1.82, 2.24) is 5.32 Å². The monoisotopic (exact) mass is 281 g/mol. The van der Waals surface area contributed by atoms with E-state index in [9.17, 15) is 9.90 Å². The van der Waals surface area contributed by atoms with Gasteiger partial charge in [-0.1, -0.05) is 31.9 Å². The summed E-state index contributed by atoms with van der Waals surface area (Å²) in [6.45, 7) is 4.40. The lowest BCUT2D eigenvalue weighted by Crippen LogP contribution is -2.37. The van der Waals surface area contributed by atoms with Gasteiger partial charge in [-0.05, 0) is 42.9 Å². The van der Waals surface area contributed by atoms with Crippen molar-refractivity contribution in [2.24, 2.45) is 11.8 Å². The van der Waals surface area contributed by atoms with E-state index in [-0.39, 0.29) is 22.7 Å². The maximum atomic E-state index is 12.2. The van der Waals surface area contributed by atoms with Gasteiger partial charge in [-0.3, -0.25) is 4.79 Å². The SMILES string of the molecule is CCC1CCC(NC(=O)c2ccc(O)c(Cl)c2)C1C. The van der Waals surface area contributed by atoms with Crippen LogP contribution in [0.1, 0.15) is 43.5 Å². The highest BCUT2D eigenvalue weighted by atomic mass is 35.5. The molecule has 0 saturated heterocycles. The minimum Gasteiger partial charge on any atom is -0.506 e. The molecule has 0 aromatic heterocycles. The van der Waals surface area contributed by atoms with E-state index in [0.717, 1.165) is 6.42 Å². The van der Waals surface area contributed by atoms with Crippen molar-refractivity contribution in [3.8, 4) is 5.75 Å². The van der Waals surface area contributed by atoms with Crippen LogP contribution in [-0.2, 0) is 0 Å². The Kier molecular flexibility index (Phi) is 4.35. The van der Waals surface area contributed by atoms with Crippen LogP contribution < -0.4 is 5.32 Å². The first-order chi connectivity index (χ1) is 9.02. The quantitative estimate of drug-likeness (QED) is 0.889. The Morgan fingerprint density at radius 3 is 2.79 bits per heavy atom. The van der Waals surface area contributed by atoms with Gasteiger partial charge >= 0.3 is 0 Å². The van der Waals surface area contributed by atoms with Gasteiger partial charge in [0.05, 0.1) is 5.02 Å². The standard InChI is InChI=1S/C15H20ClNO2/c1-3-10-4-6-13(9(10)2)17-15(19)11-5-7-14(18)12(16)8-11/h5,7-10,13,18H,3-4,6H2,1-2H3,(H,17,19). The maximum Gasteiger partial charge on any atom is 0.251 e. The minimum absolute atomic E-state index is 0.00139. The number of carbonyl (C=O) groups excluding carboxylic acids is 1. The van der Waals surface area contributed by atoms with Gasteiger partial charge in [-0.2, -0.15) is 0 Å². The summed E-state index contributed by atoms with van der Waals surface area (Å²) in [5, 5.41) is 12.6. The first kappa shape index (κ1) is 14.2. The predicted octanol–water partition coefficient (Wildman–Crippen LogP) is 3.60. The van der Waals surface area contributed by atoms with Crippen LogP contribution in [0, 0.1) is 11.8 Å². The van der Waals surface area contributed by atoms with Gasteiger partial charge in [0.2, 0.25) is 0 Å². The molecule has 19 heavy (non-hydrogen) atoms. The van der Waals surface area contributed by atoms with Crippen molar-refractivity contribution in [1.29, 1.82) is 0 Å². The number of phenolic OH excluding ortho intramolecular Hbond substituents is 1. The third-order valence-corrected chi connectivity index (χ3v) is 4.58. The molecule has 2 N–H and O–H groups in total. The number of hydrogen-bond donors (Lipinski definition) is 2. The molecule has 0 spiro atoms. The summed E-state index contributed by atoms with van der Waals surface area (Å²) in [5.41, 5.74) is 0.495. The number of aromatic hydroxyl groups is 1. The Bertz CT molecular complexity index is 475. The summed E-state index contributed by atoms with van der Waals surface area (Å²) in [7, 11) is 0. The van der Waals surface area contributed by atoms with Gasteiger partial charge in [0, 0.05) is 11.6 Å². The van der Waals surface area contributed by atoms with E-state index in [1.807, 2.05) is 0 Å². The Morgan fingerprint density at radius 2 is 2.21 bits per heavy atom. The lowest BCUT2D eigenvalue weighted by atomic mass is 9.93. The lowest BCUT2D eigenvalue weighted by molar-refractivity contribution is 0.0926. The molecule has 0 radical (unpaired) electrons. The molecule has 1 aliphatic carbocycles. The van der Waals surface area contributed by atoms with Crippen LogP contribution in [0.2, 0.25) is 5.02 Å². The Morgan fingerprint density at radius 1 is 1.47 bits per heavy atom. The van der Waals surface area contributed by atoms with Crippen molar-refractivity contribution in [3.05, 3.63) is 28.8 Å². The summed E-state index contributed by atoms with van der Waals surface area (Å²) in [5.74, 6) is 1.10. The molecule has 1 aromatic rings. The number of phenols is 1. The molecular formula is C15H20ClNO2. The fourth-order valence-electron chi connectivity index (χ4n) is 2.93. The van der Waals surface area contributed by atoms with Gasteiger partial charge in [0.1, 0.15) is 5.75 Å². The average Bonchev–Trinajstić information content (AvgIpc) is 2.73. The van der Waals surface area contributed by atoms with Gasteiger partial charge in [-0.15, -0.1) is 0 Å². The van der Waals surface area contributed by atoms with Crippen molar-refractivity contribution >= 4 is 17.5 Å². The molecule has 3 unspecified atom stereocenters. The van der Waals surface area contributed by atoms with E-state index < -0.39 is 0 Å². The zero-order chi connectivity index (χ0) is 14.0. The second-order valence-corrected chi connectivity index (χ2v) is 5.76. The molecule has 3 atom stereocenters. The maximum absolute atomic E-state index is 12.2. The van der Waals surface area contributed by atoms with Crippen LogP contribution >= 0.6 is 11.6 Å². The topological polar surface area (TPSA) is 49.3 Å². The number of nitrogens with one attached hydrogen (secondary N) is 1. The highest BCUT2D eigenvalue weighted by Crippen LogP contribution is 2.34. The number of halogens is 1. The molecule has 4 heteroatoms. The molecule has 1 fully saturated rings. The number of carbonyl (C=O) groups is 1. The average molecular weight is 282 g/mol. The van der Waals surface area contributed by atoms with Gasteiger partial charge in [0.15, 0.2) is 0 Å². The zero-order valence-electron chi connectivity index (χ0n) is 11.3. The number of benzene rings is 1. The molecule has 1 aliphatic rings. The fraction of sp³-hybridized carbons (Fsp3) is 0.533. The minimum atomic E-state index is -0.115. The zero-order valence-corrected chi connectivity index (χ0v) is 12.1. The van der Waals surface area contributed by atoms with Gasteiger partial charge in [0.25, 0.3) is 5.91 Å². The molecule has 1 aromatic carbocycles. The highest BCUT2D eigenvalue weighted by molar-refractivity contribution is 6.32. The van der Waals surface area contributed by atoms with Crippen molar-refractivity contribution < 1.29 is 9.90 Å². The highest BCUT2D eigenvalue weighted by Gasteiger charge is 2.32. The van der Waals surface area contributed by atoms with Crippen LogP contribution in [0.3, 0.4) is 0 Å². The molecule has 1 amide bonds. The molecule has 2 rings (SSSR count). The summed E-state index contributed by atoms with van der Waals surface area (Å²) < 4.78 is 0. The van der Waals surface area contributed by atoms with E-state index in [2.05, 4.69) is 19.2 Å². The Labute approximate surface area is 119 Å². The van der Waals surface area contributed by atoms with Crippen LogP contribution in [0.5, 0.6) is 5.75 Å². The molecule has 0 heterocycles. The Hall–Kier alpha value is -1.22. The van der Waals surface area contributed by atoms with Crippen LogP contribution in [0.15, 0.2) is 18.2 Å². The summed E-state index contributed by atoms with van der Waals surface area (Å²) in [6.07, 6.45) is 3.38. The third kappa shape index (κ3) is 3.03. The van der Waals surface area contributed by atoms with Crippen molar-refractivity contribution in [3.63, 3.8) is 0 Å². The molecule has 3 nitrogen and oxygen atoms in total. The smallest absolute Gasteiger partial charge is 0.251 e. The fourth-order valence-corrected chi connectivity index (χ4v) is 3.11. The third-order valence-electron chi connectivity index (χ3n) is 4.28. The van der Waals surface area contributed by atoms with E-state index in [4.69, 9.17) is 11.6 Å². The normalized spacial score (nSPS) is 26.4. The summed E-state index contributed by atoms with van der Waals surface area (Å²) in [6, 6.07) is 4.78. The largest absolute Gasteiger partial charge is 0.506 e. The van der Waals surface area contributed by atoms with E-state index in [1.165, 1.54) is 25.0 Å². The van der Waals surface area contributed by atoms with Crippen LogP contribution in [0.4, 0.5) is 0 Å². The summed E-state index contributed by atoms with van der Waals surface area (Å²) in [4.78, 5) is 12.2. The number of hydrogen-bond acceptors (Lipinski definition) is 2. The predicted molar refractivity (Wildman–Crippen MR) is 76.6 cm³/mol. The molecule has 0 bridgehead atoms. The van der Waals surface area contributed by atoms with Crippen LogP contribution in [-0.4, -0.2) is 17.1 Å². The van der Waals surface area contributed by atoms with E-state index in [1.54, 1.807) is 6.07 Å². The first-order valence-electron chi connectivity index (χ1n) is 6.82. The van der Waals surface area contributed by atoms with Crippen molar-refractivity contribution in [2.75, 3.05) is 0 Å². The van der Waals surface area contributed by atoms with Crippen LogP contribution in [0.25, 0.3) is 0 Å². The second kappa shape index (κ2) is 5.83. The number of amides is 1. The molecule has 104 valence electrons. The van der Waals surface area contributed by atoms with Gasteiger partial charge < -0.3 is 10.4 Å². The summed E-state index contributed by atoms with van der Waals surface area (Å²) >= 11 is 5.82. The second-order valence-electron chi connectivity index (χ2n) is 5.35. The Balaban J connectivity index is 2.03. The van der Waals surface area contributed by atoms with Crippen molar-refractivity contribution in [2.45, 2.75) is 39.2 Å². The van der Waals surface area contributed by atoms with Gasteiger partial charge in [-0.25, -0.2) is 0 Å². The van der Waals surface area contributed by atoms with E-state index in [0.29, 0.717) is 17.4 Å². The molecular weight excluding hydrogens is 262 g/mol. The molecule has 1 saturated carbocycles. The molecule has 0 aliphatic heterocycles. The van der Waals surface area contributed by atoms with E-state index >= 15 is 0 Å². The number of rotatable bonds is 3. The first-order valence-corrected chi connectivity index (χ1v) is 7.20. The lowest BCUT2D eigenvalue weighted by Gasteiger charge is -2.21.